The molecule has 1 amide bonds. The number of hydrogen-bond donors (Lipinski definition) is 1. The van der Waals surface area contributed by atoms with Crippen LogP contribution in [0.1, 0.15) is 29.8 Å². The van der Waals surface area contributed by atoms with Gasteiger partial charge in [-0.05, 0) is 49.7 Å². The van der Waals surface area contributed by atoms with Gasteiger partial charge in [-0.3, -0.25) is 9.69 Å². The number of halogens is 1. The van der Waals surface area contributed by atoms with E-state index in [4.69, 9.17) is 10.5 Å². The minimum atomic E-state index is -0.490. The SMILES string of the molecule is COC(=O)c1ccc(OCC(=O)N2C[C@@H](C)N(Cc3ccc(F)cc3)C[C@@H]2C)c(N)c1. The maximum atomic E-state index is 13.1. The van der Waals surface area contributed by atoms with Crippen molar-refractivity contribution in [1.29, 1.82) is 0 Å². The van der Waals surface area contributed by atoms with Crippen LogP contribution in [0.3, 0.4) is 0 Å². The van der Waals surface area contributed by atoms with Gasteiger partial charge in [-0.25, -0.2) is 9.18 Å². The minimum absolute atomic E-state index is 0.00629. The molecule has 3 rings (SSSR count). The second-order valence-corrected chi connectivity index (χ2v) is 7.83. The normalized spacial score (nSPS) is 19.2. The Kier molecular flexibility index (Phi) is 7.12. The van der Waals surface area contributed by atoms with E-state index < -0.39 is 5.97 Å². The Labute approximate surface area is 181 Å². The van der Waals surface area contributed by atoms with Gasteiger partial charge in [-0.1, -0.05) is 12.1 Å². The summed E-state index contributed by atoms with van der Waals surface area (Å²) in [5.74, 6) is -0.523. The quantitative estimate of drug-likeness (QED) is 0.561. The van der Waals surface area contributed by atoms with Crippen molar-refractivity contribution in [1.82, 2.24) is 9.80 Å². The van der Waals surface area contributed by atoms with Crippen molar-refractivity contribution < 1.29 is 23.5 Å². The van der Waals surface area contributed by atoms with E-state index in [0.29, 0.717) is 30.9 Å². The second kappa shape index (κ2) is 9.78. The van der Waals surface area contributed by atoms with Gasteiger partial charge in [-0.15, -0.1) is 0 Å². The lowest BCUT2D eigenvalue weighted by molar-refractivity contribution is -0.139. The topological polar surface area (TPSA) is 85.1 Å². The van der Waals surface area contributed by atoms with E-state index in [0.717, 1.165) is 5.56 Å². The van der Waals surface area contributed by atoms with Crippen LogP contribution in [0.5, 0.6) is 5.75 Å². The van der Waals surface area contributed by atoms with E-state index in [1.54, 1.807) is 24.3 Å². The fraction of sp³-hybridized carbons (Fsp3) is 0.391. The zero-order valence-corrected chi connectivity index (χ0v) is 18.0. The summed E-state index contributed by atoms with van der Waals surface area (Å²) in [6, 6.07) is 11.2. The van der Waals surface area contributed by atoms with Crippen LogP contribution in [0.2, 0.25) is 0 Å². The zero-order chi connectivity index (χ0) is 22.5. The lowest BCUT2D eigenvalue weighted by Gasteiger charge is -2.44. The molecule has 0 saturated carbocycles. The lowest BCUT2D eigenvalue weighted by Crippen LogP contribution is -2.58. The third-order valence-corrected chi connectivity index (χ3v) is 5.52. The third-order valence-electron chi connectivity index (χ3n) is 5.52. The van der Waals surface area contributed by atoms with Crippen LogP contribution in [0.25, 0.3) is 0 Å². The van der Waals surface area contributed by atoms with Gasteiger partial charge in [-0.2, -0.15) is 0 Å². The highest BCUT2D eigenvalue weighted by atomic mass is 19.1. The monoisotopic (exact) mass is 429 g/mol. The first-order chi connectivity index (χ1) is 14.8. The van der Waals surface area contributed by atoms with Crippen molar-refractivity contribution in [3.8, 4) is 5.75 Å². The van der Waals surface area contributed by atoms with Crippen molar-refractivity contribution >= 4 is 17.6 Å². The number of nitrogens with two attached hydrogens (primary N) is 1. The molecule has 166 valence electrons. The van der Waals surface area contributed by atoms with E-state index >= 15 is 0 Å². The summed E-state index contributed by atoms with van der Waals surface area (Å²) in [5, 5.41) is 0. The fourth-order valence-corrected chi connectivity index (χ4v) is 3.74. The van der Waals surface area contributed by atoms with Gasteiger partial charge in [0.15, 0.2) is 6.61 Å². The molecule has 1 saturated heterocycles. The predicted molar refractivity (Wildman–Crippen MR) is 115 cm³/mol. The summed E-state index contributed by atoms with van der Waals surface area (Å²) in [7, 11) is 1.29. The maximum Gasteiger partial charge on any atom is 0.337 e. The number of amides is 1. The van der Waals surface area contributed by atoms with Crippen molar-refractivity contribution in [3.05, 3.63) is 59.4 Å². The number of carbonyl (C=O) groups excluding carboxylic acids is 2. The number of esters is 1. The minimum Gasteiger partial charge on any atom is -0.482 e. The molecule has 1 fully saturated rings. The molecule has 31 heavy (non-hydrogen) atoms. The van der Waals surface area contributed by atoms with Crippen LogP contribution in [-0.2, 0) is 16.1 Å². The number of methoxy groups -OCH3 is 1. The number of anilines is 1. The highest BCUT2D eigenvalue weighted by molar-refractivity contribution is 5.91. The number of rotatable bonds is 6. The Hall–Kier alpha value is -3.13. The molecule has 0 spiro atoms. The standard InChI is InChI=1S/C23H28FN3O4/c1-15-12-27(16(2)11-26(15)13-17-4-7-19(24)8-5-17)22(28)14-31-21-9-6-18(10-20(21)25)23(29)30-3/h4-10,15-16H,11-14,25H2,1-3H3/t15-,16+/m1/s1. The van der Waals surface area contributed by atoms with Crippen LogP contribution < -0.4 is 10.5 Å². The van der Waals surface area contributed by atoms with Crippen molar-refractivity contribution in [2.45, 2.75) is 32.5 Å². The lowest BCUT2D eigenvalue weighted by atomic mass is 10.1. The van der Waals surface area contributed by atoms with Gasteiger partial charge in [0.05, 0.1) is 18.4 Å². The molecule has 0 radical (unpaired) electrons. The Balaban J connectivity index is 1.56. The summed E-state index contributed by atoms with van der Waals surface area (Å²) >= 11 is 0. The van der Waals surface area contributed by atoms with Crippen LogP contribution in [-0.4, -0.2) is 60.6 Å². The molecular formula is C23H28FN3O4. The van der Waals surface area contributed by atoms with E-state index in [-0.39, 0.29) is 36.1 Å². The molecule has 2 aromatic carbocycles. The highest BCUT2D eigenvalue weighted by Gasteiger charge is 2.32. The number of benzene rings is 2. The van der Waals surface area contributed by atoms with Gasteiger partial charge in [0, 0.05) is 31.7 Å². The van der Waals surface area contributed by atoms with Crippen LogP contribution in [0.15, 0.2) is 42.5 Å². The number of carbonyl (C=O) groups is 2. The third kappa shape index (κ3) is 5.52. The molecule has 2 atom stereocenters. The molecule has 2 aromatic rings. The largest absolute Gasteiger partial charge is 0.482 e. The molecule has 0 bridgehead atoms. The van der Waals surface area contributed by atoms with E-state index in [1.807, 2.05) is 11.8 Å². The van der Waals surface area contributed by atoms with Gasteiger partial charge >= 0.3 is 5.97 Å². The van der Waals surface area contributed by atoms with Crippen molar-refractivity contribution in [2.24, 2.45) is 0 Å². The molecule has 0 unspecified atom stereocenters. The van der Waals surface area contributed by atoms with Crippen molar-refractivity contribution in [2.75, 3.05) is 32.5 Å². The average Bonchev–Trinajstić information content (AvgIpc) is 2.75. The second-order valence-electron chi connectivity index (χ2n) is 7.83. The van der Waals surface area contributed by atoms with Crippen LogP contribution in [0.4, 0.5) is 10.1 Å². The molecule has 8 heteroatoms. The predicted octanol–water partition coefficient (Wildman–Crippen LogP) is 2.69. The molecule has 2 N–H and O–H groups in total. The summed E-state index contributed by atoms with van der Waals surface area (Å²) in [6.45, 7) is 5.91. The van der Waals surface area contributed by atoms with Crippen molar-refractivity contribution in [3.63, 3.8) is 0 Å². The number of piperazine rings is 1. The van der Waals surface area contributed by atoms with E-state index in [9.17, 15) is 14.0 Å². The number of ether oxygens (including phenoxy) is 2. The highest BCUT2D eigenvalue weighted by Crippen LogP contribution is 2.24. The van der Waals surface area contributed by atoms with Crippen LogP contribution in [0, 0.1) is 5.82 Å². The fourth-order valence-electron chi connectivity index (χ4n) is 3.74. The summed E-state index contributed by atoms with van der Waals surface area (Å²) in [6.07, 6.45) is 0. The number of hydrogen-bond acceptors (Lipinski definition) is 6. The van der Waals surface area contributed by atoms with Gasteiger partial charge in [0.25, 0.3) is 5.91 Å². The Morgan fingerprint density at radius 2 is 1.81 bits per heavy atom. The first kappa shape index (κ1) is 22.6. The molecule has 1 aliphatic heterocycles. The molecule has 0 aromatic heterocycles. The van der Waals surface area contributed by atoms with E-state index in [1.165, 1.54) is 25.3 Å². The first-order valence-electron chi connectivity index (χ1n) is 10.2. The molecule has 1 heterocycles. The Morgan fingerprint density at radius 3 is 2.45 bits per heavy atom. The van der Waals surface area contributed by atoms with Crippen LogP contribution >= 0.6 is 0 Å². The molecular weight excluding hydrogens is 401 g/mol. The maximum absolute atomic E-state index is 13.1. The smallest absolute Gasteiger partial charge is 0.337 e. The molecule has 0 aliphatic carbocycles. The Morgan fingerprint density at radius 1 is 1.10 bits per heavy atom. The first-order valence-corrected chi connectivity index (χ1v) is 10.2. The number of nitrogen functional groups attached to an aromatic ring is 1. The summed E-state index contributed by atoms with van der Waals surface area (Å²) in [5.41, 5.74) is 7.56. The van der Waals surface area contributed by atoms with Gasteiger partial charge in [0.1, 0.15) is 11.6 Å². The molecule has 1 aliphatic rings. The van der Waals surface area contributed by atoms with Gasteiger partial charge in [0.2, 0.25) is 0 Å². The van der Waals surface area contributed by atoms with E-state index in [2.05, 4.69) is 16.6 Å². The molecule has 7 nitrogen and oxygen atoms in total. The Bertz CT molecular complexity index is 935. The summed E-state index contributed by atoms with van der Waals surface area (Å²) in [4.78, 5) is 28.5. The van der Waals surface area contributed by atoms with Gasteiger partial charge < -0.3 is 20.1 Å². The zero-order valence-electron chi connectivity index (χ0n) is 18.0. The number of nitrogens with zero attached hydrogens (tertiary/aromatic N) is 2. The average molecular weight is 429 g/mol. The summed E-state index contributed by atoms with van der Waals surface area (Å²) < 4.78 is 23.4.